The van der Waals surface area contributed by atoms with Crippen LogP contribution in [0.1, 0.15) is 24.8 Å². The molecule has 1 aliphatic rings. The molecule has 1 aromatic carbocycles. The fourth-order valence-electron chi connectivity index (χ4n) is 2.48. The van der Waals surface area contributed by atoms with Gasteiger partial charge in [-0.15, -0.1) is 0 Å². The van der Waals surface area contributed by atoms with Gasteiger partial charge in [0.05, 0.1) is 4.99 Å². The van der Waals surface area contributed by atoms with Crippen LogP contribution in [0.4, 0.5) is 4.39 Å². The molecule has 1 aromatic rings. The van der Waals surface area contributed by atoms with Gasteiger partial charge in [0, 0.05) is 25.1 Å². The van der Waals surface area contributed by atoms with Crippen LogP contribution in [0.3, 0.4) is 0 Å². The van der Waals surface area contributed by atoms with Crippen molar-refractivity contribution in [3.63, 3.8) is 0 Å². The van der Waals surface area contributed by atoms with Gasteiger partial charge in [-0.05, 0) is 31.4 Å². The first-order valence-corrected chi connectivity index (χ1v) is 6.62. The average molecular weight is 266 g/mol. The van der Waals surface area contributed by atoms with Gasteiger partial charge in [-0.1, -0.05) is 30.4 Å². The fraction of sp³-hybridized carbons (Fsp3) is 0.500. The topological polar surface area (TPSA) is 29.3 Å². The Labute approximate surface area is 113 Å². The summed E-state index contributed by atoms with van der Waals surface area (Å²) in [4.78, 5) is 2.75. The molecule has 1 fully saturated rings. The molecule has 18 heavy (non-hydrogen) atoms. The van der Waals surface area contributed by atoms with Crippen LogP contribution in [0.2, 0.25) is 0 Å². The zero-order chi connectivity index (χ0) is 13.2. The molecule has 0 saturated heterocycles. The molecule has 0 atom stereocenters. The highest BCUT2D eigenvalue weighted by Gasteiger charge is 2.43. The van der Waals surface area contributed by atoms with E-state index in [0.29, 0.717) is 11.5 Å². The summed E-state index contributed by atoms with van der Waals surface area (Å²) >= 11 is 4.99. The Kier molecular flexibility index (Phi) is 3.97. The minimum atomic E-state index is -0.136. The van der Waals surface area contributed by atoms with Gasteiger partial charge in [0.15, 0.2) is 0 Å². The molecular formula is C14H19FN2S. The normalized spacial score (nSPS) is 16.8. The first kappa shape index (κ1) is 13.4. The van der Waals surface area contributed by atoms with E-state index in [9.17, 15) is 4.39 Å². The van der Waals surface area contributed by atoms with E-state index >= 15 is 0 Å². The molecule has 1 aliphatic carbocycles. The average Bonchev–Trinajstić information content (AvgIpc) is 3.00. The third kappa shape index (κ3) is 3.50. The van der Waals surface area contributed by atoms with E-state index in [1.807, 2.05) is 19.2 Å². The second-order valence-corrected chi connectivity index (χ2v) is 5.93. The van der Waals surface area contributed by atoms with E-state index in [2.05, 4.69) is 4.90 Å². The van der Waals surface area contributed by atoms with Crippen molar-refractivity contribution in [3.8, 4) is 0 Å². The molecule has 2 N–H and O–H groups in total. The van der Waals surface area contributed by atoms with E-state index in [1.54, 1.807) is 6.07 Å². The van der Waals surface area contributed by atoms with E-state index in [1.165, 1.54) is 18.9 Å². The van der Waals surface area contributed by atoms with Crippen molar-refractivity contribution < 1.29 is 4.39 Å². The van der Waals surface area contributed by atoms with Crippen molar-refractivity contribution in [2.45, 2.75) is 25.8 Å². The Balaban J connectivity index is 1.91. The number of halogens is 1. The summed E-state index contributed by atoms with van der Waals surface area (Å²) < 4.78 is 13.5. The maximum absolute atomic E-state index is 13.5. The van der Waals surface area contributed by atoms with Crippen molar-refractivity contribution in [1.82, 2.24) is 4.90 Å². The predicted molar refractivity (Wildman–Crippen MR) is 75.8 cm³/mol. The number of rotatable bonds is 6. The van der Waals surface area contributed by atoms with Gasteiger partial charge in [0.2, 0.25) is 0 Å². The lowest BCUT2D eigenvalue weighted by molar-refractivity contribution is 0.257. The summed E-state index contributed by atoms with van der Waals surface area (Å²) in [5.41, 5.74) is 6.62. The number of nitrogens with zero attached hydrogens (tertiary/aromatic N) is 1. The molecule has 0 aliphatic heterocycles. The van der Waals surface area contributed by atoms with Crippen molar-refractivity contribution in [2.75, 3.05) is 13.6 Å². The lowest BCUT2D eigenvalue weighted by Gasteiger charge is -2.23. The Morgan fingerprint density at radius 3 is 2.67 bits per heavy atom. The summed E-state index contributed by atoms with van der Waals surface area (Å²) in [5, 5.41) is 0. The summed E-state index contributed by atoms with van der Waals surface area (Å²) in [7, 11) is 2.02. The minimum absolute atomic E-state index is 0.136. The zero-order valence-electron chi connectivity index (χ0n) is 10.7. The molecule has 2 nitrogen and oxygen atoms in total. The summed E-state index contributed by atoms with van der Waals surface area (Å²) in [5.74, 6) is -0.136. The molecule has 0 spiro atoms. The van der Waals surface area contributed by atoms with E-state index in [0.717, 1.165) is 18.5 Å². The van der Waals surface area contributed by atoms with E-state index in [-0.39, 0.29) is 11.2 Å². The Morgan fingerprint density at radius 1 is 1.44 bits per heavy atom. The maximum atomic E-state index is 13.5. The van der Waals surface area contributed by atoms with Crippen LogP contribution >= 0.6 is 12.2 Å². The van der Waals surface area contributed by atoms with E-state index in [4.69, 9.17) is 18.0 Å². The first-order chi connectivity index (χ1) is 8.51. The standard InChI is InChI=1S/C14H19FN2S/c1-17(9-11-4-2-3-5-12(11)15)10-14(6-7-14)8-13(16)18/h2-5H,6-10H2,1H3,(H2,16,18). The Hall–Kier alpha value is -1.00. The Bertz CT molecular complexity index is 443. The molecule has 4 heteroatoms. The summed E-state index contributed by atoms with van der Waals surface area (Å²) in [6.07, 6.45) is 3.15. The highest BCUT2D eigenvalue weighted by molar-refractivity contribution is 7.80. The van der Waals surface area contributed by atoms with Crippen molar-refractivity contribution >= 4 is 17.2 Å². The zero-order valence-corrected chi connectivity index (χ0v) is 11.5. The molecule has 98 valence electrons. The van der Waals surface area contributed by atoms with Crippen molar-refractivity contribution in [3.05, 3.63) is 35.6 Å². The van der Waals surface area contributed by atoms with Crippen LogP contribution in [0.15, 0.2) is 24.3 Å². The molecule has 1 saturated carbocycles. The second-order valence-electron chi connectivity index (χ2n) is 5.41. The minimum Gasteiger partial charge on any atom is -0.393 e. The summed E-state index contributed by atoms with van der Waals surface area (Å²) in [6, 6.07) is 6.92. The molecule has 2 rings (SSSR count). The quantitative estimate of drug-likeness (QED) is 0.803. The van der Waals surface area contributed by atoms with Crippen LogP contribution in [0, 0.1) is 11.2 Å². The number of hydrogen-bond donors (Lipinski definition) is 1. The molecule has 0 amide bonds. The number of thiocarbonyl (C=S) groups is 1. The number of hydrogen-bond acceptors (Lipinski definition) is 2. The van der Waals surface area contributed by atoms with E-state index < -0.39 is 0 Å². The lowest BCUT2D eigenvalue weighted by atomic mass is 10.0. The predicted octanol–water partition coefficient (Wildman–Crippen LogP) is 2.71. The van der Waals surface area contributed by atoms with Crippen LogP contribution in [-0.4, -0.2) is 23.5 Å². The van der Waals surface area contributed by atoms with Gasteiger partial charge in [0.1, 0.15) is 5.82 Å². The molecular weight excluding hydrogens is 247 g/mol. The lowest BCUT2D eigenvalue weighted by Crippen LogP contribution is -2.29. The van der Waals surface area contributed by atoms with Crippen LogP contribution < -0.4 is 5.73 Å². The van der Waals surface area contributed by atoms with Crippen LogP contribution in [-0.2, 0) is 6.54 Å². The van der Waals surface area contributed by atoms with Gasteiger partial charge < -0.3 is 10.6 Å². The largest absolute Gasteiger partial charge is 0.393 e. The van der Waals surface area contributed by atoms with Gasteiger partial charge in [-0.2, -0.15) is 0 Å². The van der Waals surface area contributed by atoms with Crippen LogP contribution in [0.5, 0.6) is 0 Å². The molecule has 0 bridgehead atoms. The van der Waals surface area contributed by atoms with Crippen molar-refractivity contribution in [1.29, 1.82) is 0 Å². The fourth-order valence-corrected chi connectivity index (χ4v) is 2.79. The third-order valence-corrected chi connectivity index (χ3v) is 3.65. The molecule has 0 radical (unpaired) electrons. The smallest absolute Gasteiger partial charge is 0.127 e. The van der Waals surface area contributed by atoms with Gasteiger partial charge >= 0.3 is 0 Å². The highest BCUT2D eigenvalue weighted by Crippen LogP contribution is 2.49. The number of nitrogens with two attached hydrogens (primary N) is 1. The van der Waals surface area contributed by atoms with Crippen LogP contribution in [0.25, 0.3) is 0 Å². The first-order valence-electron chi connectivity index (χ1n) is 6.21. The maximum Gasteiger partial charge on any atom is 0.127 e. The SMILES string of the molecule is CN(Cc1ccccc1F)CC1(CC(N)=S)CC1. The highest BCUT2D eigenvalue weighted by atomic mass is 32.1. The Morgan fingerprint density at radius 2 is 2.11 bits per heavy atom. The third-order valence-electron chi connectivity index (χ3n) is 3.51. The monoisotopic (exact) mass is 266 g/mol. The molecule has 0 heterocycles. The van der Waals surface area contributed by atoms with Gasteiger partial charge in [-0.3, -0.25) is 0 Å². The molecule has 0 unspecified atom stereocenters. The second kappa shape index (κ2) is 5.33. The van der Waals surface area contributed by atoms with Gasteiger partial charge in [0.25, 0.3) is 0 Å². The van der Waals surface area contributed by atoms with Gasteiger partial charge in [-0.25, -0.2) is 4.39 Å². The van der Waals surface area contributed by atoms with Crippen molar-refractivity contribution in [2.24, 2.45) is 11.1 Å². The molecule has 0 aromatic heterocycles. The number of benzene rings is 1. The summed E-state index contributed by atoms with van der Waals surface area (Å²) in [6.45, 7) is 1.56.